The number of ether oxygens (including phenoxy) is 1. The van der Waals surface area contributed by atoms with Gasteiger partial charge in [-0.05, 0) is 48.9 Å². The second-order valence-electron chi connectivity index (χ2n) is 7.52. The molecule has 0 aliphatic heterocycles. The molecule has 0 saturated heterocycles. The van der Waals surface area contributed by atoms with E-state index in [1.807, 2.05) is 31.2 Å². The lowest BCUT2D eigenvalue weighted by Gasteiger charge is -2.15. The van der Waals surface area contributed by atoms with Crippen molar-refractivity contribution in [1.82, 2.24) is 14.5 Å². The first-order valence-electron chi connectivity index (χ1n) is 10.3. The number of aromatic nitrogens is 2. The molecule has 1 amide bonds. The van der Waals surface area contributed by atoms with Crippen molar-refractivity contribution in [2.24, 2.45) is 0 Å². The second-order valence-corrected chi connectivity index (χ2v) is 8.44. The summed E-state index contributed by atoms with van der Waals surface area (Å²) < 4.78 is 8.54. The molecule has 2 aromatic heterocycles. The zero-order valence-corrected chi connectivity index (χ0v) is 17.7. The standard InChI is InChI=1S/C22H25N3O4S/c1-2-29-17-9-7-15(8-10-17)13-25-21(27)20-18(11-12-30-20)24(22(25)28)14-19(26)23-16-5-3-4-6-16/h7-12,16H,2-6,13-14H2,1H3,(H,23,26). The van der Waals surface area contributed by atoms with Gasteiger partial charge in [0.1, 0.15) is 17.0 Å². The van der Waals surface area contributed by atoms with Crippen LogP contribution in [0.1, 0.15) is 38.2 Å². The molecule has 0 bridgehead atoms. The number of carbonyl (C=O) groups is 1. The lowest BCUT2D eigenvalue weighted by atomic mass is 10.2. The maximum absolute atomic E-state index is 13.2. The molecule has 0 atom stereocenters. The molecule has 30 heavy (non-hydrogen) atoms. The van der Waals surface area contributed by atoms with Crippen molar-refractivity contribution in [2.75, 3.05) is 6.61 Å². The van der Waals surface area contributed by atoms with Crippen LogP contribution in [-0.4, -0.2) is 27.7 Å². The van der Waals surface area contributed by atoms with Gasteiger partial charge in [0.25, 0.3) is 5.56 Å². The number of carbonyl (C=O) groups excluding carboxylic acids is 1. The van der Waals surface area contributed by atoms with Gasteiger partial charge < -0.3 is 10.1 Å². The number of hydrogen-bond donors (Lipinski definition) is 1. The Morgan fingerprint density at radius 1 is 1.13 bits per heavy atom. The number of amides is 1. The van der Waals surface area contributed by atoms with Crippen LogP contribution in [0.2, 0.25) is 0 Å². The lowest BCUT2D eigenvalue weighted by molar-refractivity contribution is -0.122. The minimum Gasteiger partial charge on any atom is -0.494 e. The van der Waals surface area contributed by atoms with Gasteiger partial charge in [-0.3, -0.25) is 18.7 Å². The smallest absolute Gasteiger partial charge is 0.332 e. The third-order valence-corrected chi connectivity index (χ3v) is 6.33. The molecule has 0 radical (unpaired) electrons. The number of benzene rings is 1. The highest BCUT2D eigenvalue weighted by atomic mass is 32.1. The molecule has 4 rings (SSSR count). The topological polar surface area (TPSA) is 82.3 Å². The van der Waals surface area contributed by atoms with Crippen LogP contribution in [0.4, 0.5) is 0 Å². The summed E-state index contributed by atoms with van der Waals surface area (Å²) in [6.07, 6.45) is 4.19. The van der Waals surface area contributed by atoms with E-state index < -0.39 is 5.69 Å². The van der Waals surface area contributed by atoms with Gasteiger partial charge in [-0.25, -0.2) is 4.79 Å². The largest absolute Gasteiger partial charge is 0.494 e. The molecule has 158 valence electrons. The fourth-order valence-corrected chi connectivity index (χ4v) is 4.80. The molecule has 1 N–H and O–H groups in total. The van der Waals surface area contributed by atoms with E-state index in [2.05, 4.69) is 5.32 Å². The van der Waals surface area contributed by atoms with Crippen molar-refractivity contribution >= 4 is 27.5 Å². The van der Waals surface area contributed by atoms with Gasteiger partial charge >= 0.3 is 5.69 Å². The Morgan fingerprint density at radius 3 is 2.57 bits per heavy atom. The van der Waals surface area contributed by atoms with E-state index in [1.54, 1.807) is 11.4 Å². The Kier molecular flexibility index (Phi) is 6.03. The maximum atomic E-state index is 13.2. The Hall–Kier alpha value is -2.87. The van der Waals surface area contributed by atoms with Gasteiger partial charge in [-0.1, -0.05) is 25.0 Å². The summed E-state index contributed by atoms with van der Waals surface area (Å²) in [4.78, 5) is 38.7. The molecule has 1 saturated carbocycles. The number of rotatable bonds is 7. The van der Waals surface area contributed by atoms with Crippen LogP contribution >= 0.6 is 11.3 Å². The monoisotopic (exact) mass is 427 g/mol. The molecule has 7 nitrogen and oxygen atoms in total. The van der Waals surface area contributed by atoms with Crippen molar-refractivity contribution in [3.8, 4) is 5.75 Å². The van der Waals surface area contributed by atoms with E-state index in [0.29, 0.717) is 16.8 Å². The maximum Gasteiger partial charge on any atom is 0.332 e. The summed E-state index contributed by atoms with van der Waals surface area (Å²) in [5, 5.41) is 4.79. The van der Waals surface area contributed by atoms with E-state index >= 15 is 0 Å². The minimum absolute atomic E-state index is 0.0911. The molecule has 0 spiro atoms. The Morgan fingerprint density at radius 2 is 1.87 bits per heavy atom. The molecule has 2 heterocycles. The first kappa shape index (κ1) is 20.4. The second kappa shape index (κ2) is 8.87. The van der Waals surface area contributed by atoms with Crippen LogP contribution in [-0.2, 0) is 17.9 Å². The van der Waals surface area contributed by atoms with Crippen LogP contribution in [0.25, 0.3) is 10.2 Å². The van der Waals surface area contributed by atoms with E-state index in [4.69, 9.17) is 4.74 Å². The molecule has 1 aromatic carbocycles. The normalized spacial score (nSPS) is 14.3. The molecule has 1 aliphatic rings. The van der Waals surface area contributed by atoms with E-state index in [9.17, 15) is 14.4 Å². The van der Waals surface area contributed by atoms with Gasteiger partial charge in [0.05, 0.1) is 18.7 Å². The lowest BCUT2D eigenvalue weighted by Crippen LogP contribution is -2.43. The summed E-state index contributed by atoms with van der Waals surface area (Å²) in [5.74, 6) is 0.547. The Bertz CT molecular complexity index is 1150. The number of nitrogens with one attached hydrogen (secondary N) is 1. The predicted molar refractivity (Wildman–Crippen MR) is 117 cm³/mol. The van der Waals surface area contributed by atoms with Crippen molar-refractivity contribution < 1.29 is 9.53 Å². The van der Waals surface area contributed by atoms with Gasteiger partial charge in [0, 0.05) is 6.04 Å². The third kappa shape index (κ3) is 4.18. The number of nitrogens with zero attached hydrogens (tertiary/aromatic N) is 2. The summed E-state index contributed by atoms with van der Waals surface area (Å²) in [7, 11) is 0. The van der Waals surface area contributed by atoms with Crippen LogP contribution in [0.5, 0.6) is 5.75 Å². The molecular formula is C22H25N3O4S. The van der Waals surface area contributed by atoms with E-state index in [1.165, 1.54) is 20.5 Å². The quantitative estimate of drug-likeness (QED) is 0.629. The molecular weight excluding hydrogens is 402 g/mol. The van der Waals surface area contributed by atoms with E-state index in [0.717, 1.165) is 37.0 Å². The molecule has 1 fully saturated rings. The summed E-state index contributed by atoms with van der Waals surface area (Å²) in [6, 6.07) is 9.23. The van der Waals surface area contributed by atoms with Crippen molar-refractivity contribution in [3.63, 3.8) is 0 Å². The van der Waals surface area contributed by atoms with Crippen molar-refractivity contribution in [2.45, 2.75) is 51.7 Å². The SMILES string of the molecule is CCOc1ccc(Cn2c(=O)c3sccc3n(CC(=O)NC3CCCC3)c2=O)cc1. The van der Waals surface area contributed by atoms with Crippen LogP contribution in [0.15, 0.2) is 45.3 Å². The first-order valence-corrected chi connectivity index (χ1v) is 11.2. The average Bonchev–Trinajstić information content (AvgIpc) is 3.42. The molecule has 8 heteroatoms. The van der Waals surface area contributed by atoms with Gasteiger partial charge in [-0.2, -0.15) is 0 Å². The zero-order valence-electron chi connectivity index (χ0n) is 16.9. The fraction of sp³-hybridized carbons (Fsp3) is 0.409. The van der Waals surface area contributed by atoms with Crippen LogP contribution in [0.3, 0.4) is 0 Å². The van der Waals surface area contributed by atoms with Gasteiger partial charge in [0.2, 0.25) is 5.91 Å². The van der Waals surface area contributed by atoms with Crippen LogP contribution < -0.4 is 21.3 Å². The molecule has 3 aromatic rings. The summed E-state index contributed by atoms with van der Waals surface area (Å²) in [5.41, 5.74) is 0.530. The van der Waals surface area contributed by atoms with Crippen molar-refractivity contribution in [1.29, 1.82) is 0 Å². The molecule has 1 aliphatic carbocycles. The third-order valence-electron chi connectivity index (χ3n) is 5.43. The zero-order chi connectivity index (χ0) is 21.1. The van der Waals surface area contributed by atoms with Gasteiger partial charge in [0.15, 0.2) is 0 Å². The van der Waals surface area contributed by atoms with Crippen LogP contribution in [0, 0.1) is 0 Å². The Balaban J connectivity index is 1.65. The minimum atomic E-state index is -0.471. The summed E-state index contributed by atoms with van der Waals surface area (Å²) >= 11 is 1.29. The average molecular weight is 428 g/mol. The Labute approximate surface area is 177 Å². The predicted octanol–water partition coefficient (Wildman–Crippen LogP) is 2.73. The number of fused-ring (bicyclic) bond motifs is 1. The number of hydrogen-bond acceptors (Lipinski definition) is 5. The highest BCUT2D eigenvalue weighted by Gasteiger charge is 2.20. The highest BCUT2D eigenvalue weighted by molar-refractivity contribution is 7.17. The van der Waals surface area contributed by atoms with Gasteiger partial charge in [-0.15, -0.1) is 11.3 Å². The summed E-state index contributed by atoms with van der Waals surface area (Å²) in [6.45, 7) is 2.53. The number of thiophene rings is 1. The first-order chi connectivity index (χ1) is 14.6. The van der Waals surface area contributed by atoms with Crippen molar-refractivity contribution in [3.05, 3.63) is 62.1 Å². The highest BCUT2D eigenvalue weighted by Crippen LogP contribution is 2.19. The molecule has 0 unspecified atom stereocenters. The van der Waals surface area contributed by atoms with E-state index in [-0.39, 0.29) is 30.6 Å². The fourth-order valence-electron chi connectivity index (χ4n) is 3.95.